The van der Waals surface area contributed by atoms with Crippen LogP contribution < -0.4 is 21.3 Å². The van der Waals surface area contributed by atoms with Crippen LogP contribution in [0.1, 0.15) is 65.8 Å². The van der Waals surface area contributed by atoms with Gasteiger partial charge < -0.3 is 41.4 Å². The summed E-state index contributed by atoms with van der Waals surface area (Å²) < 4.78 is 98.7. The van der Waals surface area contributed by atoms with E-state index in [0.717, 1.165) is 42.6 Å². The zero-order chi connectivity index (χ0) is 47.9. The Hall–Kier alpha value is -6.32. The number of nitrogens with one attached hydrogen (secondary N) is 5. The van der Waals surface area contributed by atoms with Gasteiger partial charge in [0.25, 0.3) is 5.91 Å². The molecule has 2 aliphatic rings. The number of anilines is 1. The molecule has 1 aliphatic carbocycles. The van der Waals surface area contributed by atoms with E-state index in [1.54, 1.807) is 6.07 Å². The highest BCUT2D eigenvalue weighted by Crippen LogP contribution is 2.43. The van der Waals surface area contributed by atoms with Crippen molar-refractivity contribution in [1.82, 2.24) is 30.8 Å². The molecule has 7 N–H and O–H groups in total. The molecular formula is C43H47F8N7O7. The van der Waals surface area contributed by atoms with Crippen LogP contribution in [0, 0.1) is 18.8 Å². The summed E-state index contributed by atoms with van der Waals surface area (Å²) in [5, 5.41) is 27.1. The first-order chi connectivity index (χ1) is 30.4. The molecule has 1 atom stereocenters. The molecule has 6 rings (SSSR count). The molecule has 1 aliphatic heterocycles. The molecule has 3 aromatic carbocycles. The number of piperidine rings is 1. The van der Waals surface area contributed by atoms with Crippen LogP contribution in [0.5, 0.6) is 0 Å². The Morgan fingerprint density at radius 2 is 1.48 bits per heavy atom. The largest absolute Gasteiger partial charge is 0.490 e. The highest BCUT2D eigenvalue weighted by Gasteiger charge is 2.61. The number of aromatic amines is 1. The zero-order valence-corrected chi connectivity index (χ0v) is 35.0. The molecule has 0 radical (unpaired) electrons. The fourth-order valence-electron chi connectivity index (χ4n) is 7.57. The second-order valence-corrected chi connectivity index (χ2v) is 16.1. The molecule has 2 heterocycles. The lowest BCUT2D eigenvalue weighted by molar-refractivity contribution is -0.292. The Morgan fingerprint density at radius 1 is 0.846 bits per heavy atom. The van der Waals surface area contributed by atoms with Gasteiger partial charge in [-0.1, -0.05) is 30.3 Å². The van der Waals surface area contributed by atoms with Gasteiger partial charge >= 0.3 is 30.3 Å². The molecule has 1 saturated carbocycles. The summed E-state index contributed by atoms with van der Waals surface area (Å²) in [5.41, 5.74) is 3.67. The lowest BCUT2D eigenvalue weighted by Crippen LogP contribution is -2.48. The van der Waals surface area contributed by atoms with Gasteiger partial charge in [0.2, 0.25) is 11.8 Å². The van der Waals surface area contributed by atoms with Crippen LogP contribution in [0.15, 0.2) is 60.7 Å². The summed E-state index contributed by atoms with van der Waals surface area (Å²) in [5.74, 6) is -11.0. The molecule has 1 aromatic heterocycles. The van der Waals surface area contributed by atoms with Crippen LogP contribution in [0.2, 0.25) is 0 Å². The zero-order valence-electron chi connectivity index (χ0n) is 35.0. The van der Waals surface area contributed by atoms with E-state index in [2.05, 4.69) is 38.2 Å². The van der Waals surface area contributed by atoms with E-state index in [1.807, 2.05) is 48.3 Å². The number of H-pyrrole nitrogens is 1. The minimum Gasteiger partial charge on any atom is -0.475 e. The monoisotopic (exact) mass is 925 g/mol. The fourth-order valence-corrected chi connectivity index (χ4v) is 7.57. The van der Waals surface area contributed by atoms with E-state index >= 15 is 0 Å². The highest BCUT2D eigenvalue weighted by atomic mass is 19.4. The van der Waals surface area contributed by atoms with E-state index < -0.39 is 54.0 Å². The van der Waals surface area contributed by atoms with E-state index in [1.165, 1.54) is 18.2 Å². The van der Waals surface area contributed by atoms with Gasteiger partial charge in [-0.3, -0.25) is 14.4 Å². The number of carboxylic acid groups (broad SMARTS) is 2. The van der Waals surface area contributed by atoms with Gasteiger partial charge in [0.1, 0.15) is 6.04 Å². The van der Waals surface area contributed by atoms with Gasteiger partial charge in [-0.2, -0.15) is 35.1 Å². The van der Waals surface area contributed by atoms with Gasteiger partial charge in [0.05, 0.1) is 11.0 Å². The summed E-state index contributed by atoms with van der Waals surface area (Å²) in [6.07, 6.45) is -8.04. The molecule has 4 aromatic rings. The average Bonchev–Trinajstić information content (AvgIpc) is 3.68. The van der Waals surface area contributed by atoms with Gasteiger partial charge in [-0.05, 0) is 124 Å². The number of amides is 4. The van der Waals surface area contributed by atoms with Crippen molar-refractivity contribution in [3.63, 3.8) is 0 Å². The van der Waals surface area contributed by atoms with Crippen molar-refractivity contribution in [2.45, 2.75) is 82.2 Å². The number of hydrogen-bond donors (Lipinski definition) is 7. The van der Waals surface area contributed by atoms with Crippen molar-refractivity contribution in [1.29, 1.82) is 0 Å². The molecule has 2 fully saturated rings. The Balaban J connectivity index is 0.00000105. The van der Waals surface area contributed by atoms with E-state index in [-0.39, 0.29) is 53.5 Å². The van der Waals surface area contributed by atoms with Crippen LogP contribution in [-0.4, -0.2) is 106 Å². The van der Waals surface area contributed by atoms with Crippen molar-refractivity contribution >= 4 is 46.5 Å². The van der Waals surface area contributed by atoms with Crippen molar-refractivity contribution in [3.05, 3.63) is 83.2 Å². The predicted octanol–water partition coefficient (Wildman–Crippen LogP) is 7.39. The van der Waals surface area contributed by atoms with Gasteiger partial charge in [0.15, 0.2) is 5.82 Å². The Morgan fingerprint density at radius 3 is 2.05 bits per heavy atom. The minimum absolute atomic E-state index is 0.0546. The number of aromatic nitrogens is 2. The maximum absolute atomic E-state index is 14.0. The first kappa shape index (κ1) is 49.7. The number of halogens is 8. The molecule has 65 heavy (non-hydrogen) atoms. The summed E-state index contributed by atoms with van der Waals surface area (Å²) >= 11 is 0. The molecule has 0 bridgehead atoms. The van der Waals surface area contributed by atoms with Crippen molar-refractivity contribution in [2.24, 2.45) is 11.8 Å². The SMILES string of the molecule is Cc1cc(C(=O)NC2CCN(C)CC2)ccc1-c1ccc(C[C@H](NC(=O)C2CCC(CNC(=O)O)CC2)C(=O)Nc2ccc3nc(C(F)(F)C(F)(F)F)[nH]c3c2)cc1.O=C(O)C(F)(F)F. The van der Waals surface area contributed by atoms with Gasteiger partial charge in [-0.15, -0.1) is 0 Å². The number of nitrogens with zero attached hydrogens (tertiary/aromatic N) is 2. The number of carbonyl (C=O) groups excluding carboxylic acids is 3. The topological polar surface area (TPSA) is 206 Å². The predicted molar refractivity (Wildman–Crippen MR) is 220 cm³/mol. The lowest BCUT2D eigenvalue weighted by atomic mass is 9.81. The first-order valence-corrected chi connectivity index (χ1v) is 20.4. The number of alkyl halides is 8. The standard InChI is InChI=1S/C41H46F5N7O5.C2HF3O2/c1-23-19-28(36(55)48-29-15-17-53(2)18-16-29)11-13-31(23)26-7-3-24(4-8-26)20-34(50-35(54)27-9-5-25(6-10-27)22-47-39(57)58)37(56)49-30-12-14-32-33(21-30)52-38(51-32)40(42,43)41(44,45)46;3-2(4,5)1(6)7/h3-4,7-8,11-14,19,21,25,27,29,34,47H,5-6,9-10,15-18,20,22H2,1-2H3,(H,48,55)(H,49,56)(H,50,54)(H,51,52)(H,57,58);(H,6,7)/t25?,27?,34-;/m0./s1. The summed E-state index contributed by atoms with van der Waals surface area (Å²) in [4.78, 5) is 67.8. The number of imidazole rings is 1. The van der Waals surface area contributed by atoms with E-state index in [4.69, 9.17) is 15.0 Å². The summed E-state index contributed by atoms with van der Waals surface area (Å²) in [7, 11) is 2.06. The number of hydrogen-bond acceptors (Lipinski definition) is 7. The smallest absolute Gasteiger partial charge is 0.475 e. The maximum Gasteiger partial charge on any atom is 0.490 e. The van der Waals surface area contributed by atoms with Gasteiger partial charge in [0, 0.05) is 36.2 Å². The average molecular weight is 926 g/mol. The number of benzene rings is 3. The quantitative estimate of drug-likeness (QED) is 0.0707. The molecule has 352 valence electrons. The third-order valence-electron chi connectivity index (χ3n) is 11.3. The summed E-state index contributed by atoms with van der Waals surface area (Å²) in [6.45, 7) is 4.06. The van der Waals surface area contributed by atoms with Gasteiger partial charge in [-0.25, -0.2) is 14.6 Å². The van der Waals surface area contributed by atoms with Crippen LogP contribution >= 0.6 is 0 Å². The minimum atomic E-state index is -5.87. The second kappa shape index (κ2) is 20.7. The van der Waals surface area contributed by atoms with Crippen molar-refractivity contribution in [3.8, 4) is 11.1 Å². The molecule has 0 unspecified atom stereocenters. The normalized spacial score (nSPS) is 17.9. The number of carboxylic acids is 1. The molecule has 14 nitrogen and oxygen atoms in total. The fraction of sp³-hybridized carbons (Fsp3) is 0.442. The number of aliphatic carboxylic acids is 1. The lowest BCUT2D eigenvalue weighted by Gasteiger charge is -2.29. The van der Waals surface area contributed by atoms with E-state index in [0.29, 0.717) is 36.8 Å². The Bertz CT molecular complexity index is 2340. The number of aryl methyl sites for hydroxylation is 1. The van der Waals surface area contributed by atoms with Crippen LogP contribution in [0.4, 0.5) is 45.6 Å². The van der Waals surface area contributed by atoms with Crippen molar-refractivity contribution < 1.29 is 69.3 Å². The number of rotatable bonds is 12. The van der Waals surface area contributed by atoms with Crippen LogP contribution in [-0.2, 0) is 26.7 Å². The Kier molecular flexibility index (Phi) is 15.8. The maximum atomic E-state index is 14.0. The molecule has 4 amide bonds. The Labute approximate surface area is 366 Å². The first-order valence-electron chi connectivity index (χ1n) is 20.4. The molecule has 0 spiro atoms. The molecule has 1 saturated heterocycles. The summed E-state index contributed by atoms with van der Waals surface area (Å²) in [6, 6.07) is 15.6. The van der Waals surface area contributed by atoms with Crippen LogP contribution in [0.3, 0.4) is 0 Å². The molecular weight excluding hydrogens is 878 g/mol. The number of fused-ring (bicyclic) bond motifs is 1. The number of carbonyl (C=O) groups is 5. The third-order valence-corrected chi connectivity index (χ3v) is 11.3. The van der Waals surface area contributed by atoms with Crippen LogP contribution in [0.25, 0.3) is 22.2 Å². The van der Waals surface area contributed by atoms with Crippen molar-refractivity contribution in [2.75, 3.05) is 32.0 Å². The second-order valence-electron chi connectivity index (χ2n) is 16.1. The van der Waals surface area contributed by atoms with E-state index in [9.17, 15) is 54.3 Å². The molecule has 22 heteroatoms. The highest BCUT2D eigenvalue weighted by molar-refractivity contribution is 5.99. The third kappa shape index (κ3) is 13.4. The number of likely N-dealkylation sites (tertiary alicyclic amines) is 1.